The first-order valence-electron chi connectivity index (χ1n) is 14.4. The summed E-state index contributed by atoms with van der Waals surface area (Å²) in [6, 6.07) is 8.21. The second kappa shape index (κ2) is 12.1. The summed E-state index contributed by atoms with van der Waals surface area (Å²) in [5.41, 5.74) is 3.49. The van der Waals surface area contributed by atoms with Gasteiger partial charge in [0.2, 0.25) is 5.91 Å². The number of rotatable bonds is 7. The first-order valence-corrected chi connectivity index (χ1v) is 14.7. The Morgan fingerprint density at radius 1 is 1.23 bits per heavy atom. The minimum absolute atomic E-state index is 0.0227. The van der Waals surface area contributed by atoms with Crippen LogP contribution in [0.4, 0.5) is 21.7 Å². The molecule has 1 aliphatic rings. The minimum Gasteiger partial charge on any atom is -0.350 e. The van der Waals surface area contributed by atoms with E-state index >= 15 is 0 Å². The maximum absolute atomic E-state index is 14.3. The Bertz CT molecular complexity index is 1790. The number of carbonyl (C=O) groups excluding carboxylic acids is 1. The van der Waals surface area contributed by atoms with Gasteiger partial charge in [-0.05, 0) is 73.7 Å². The summed E-state index contributed by atoms with van der Waals surface area (Å²) in [6.07, 6.45) is 3.66. The number of pyridine rings is 2. The molecule has 1 atom stereocenters. The molecule has 43 heavy (non-hydrogen) atoms. The van der Waals surface area contributed by atoms with E-state index in [9.17, 15) is 14.0 Å². The number of fused-ring (bicyclic) bond motifs is 1. The van der Waals surface area contributed by atoms with E-state index in [0.29, 0.717) is 60.1 Å². The van der Waals surface area contributed by atoms with Crippen LogP contribution in [0.5, 0.6) is 0 Å². The first kappa shape index (κ1) is 30.2. The Balaban J connectivity index is 1.77. The molecule has 1 saturated heterocycles. The van der Waals surface area contributed by atoms with Gasteiger partial charge in [-0.2, -0.15) is 4.98 Å². The molecule has 3 aromatic heterocycles. The molecule has 9 nitrogen and oxygen atoms in total. The van der Waals surface area contributed by atoms with Gasteiger partial charge in [-0.1, -0.05) is 39.0 Å². The van der Waals surface area contributed by atoms with Crippen molar-refractivity contribution in [3.63, 3.8) is 0 Å². The number of amides is 1. The molecule has 1 aliphatic heterocycles. The molecule has 1 amide bonds. The van der Waals surface area contributed by atoms with Crippen molar-refractivity contribution in [2.75, 3.05) is 29.9 Å². The van der Waals surface area contributed by atoms with Gasteiger partial charge in [0.15, 0.2) is 5.65 Å². The Hall–Kier alpha value is -4.31. The summed E-state index contributed by atoms with van der Waals surface area (Å²) in [5, 5.41) is 3.95. The van der Waals surface area contributed by atoms with Crippen molar-refractivity contribution in [3.8, 4) is 5.69 Å². The SMILES string of the molecule is C=CC(=O)N1CCN(c2nc(=O)n(-c3c(C)ccnc3C(C)C)c3nc(Nc4ccc(Cl)c(F)c4)c(CC)cc23)[C@@H](C)C1. The highest BCUT2D eigenvalue weighted by Crippen LogP contribution is 2.34. The van der Waals surface area contributed by atoms with Crippen molar-refractivity contribution < 1.29 is 9.18 Å². The molecule has 11 heteroatoms. The number of benzene rings is 1. The monoisotopic (exact) mass is 603 g/mol. The Labute approximate surface area is 255 Å². The summed E-state index contributed by atoms with van der Waals surface area (Å²) in [5.74, 6) is 0.343. The summed E-state index contributed by atoms with van der Waals surface area (Å²) in [6.45, 7) is 15.0. The maximum atomic E-state index is 14.3. The van der Waals surface area contributed by atoms with Gasteiger partial charge in [-0.25, -0.2) is 18.7 Å². The van der Waals surface area contributed by atoms with Crippen molar-refractivity contribution in [3.05, 3.63) is 87.3 Å². The van der Waals surface area contributed by atoms with Gasteiger partial charge in [0.25, 0.3) is 0 Å². The molecule has 1 aromatic carbocycles. The molecule has 0 unspecified atom stereocenters. The van der Waals surface area contributed by atoms with E-state index in [1.807, 2.05) is 46.8 Å². The van der Waals surface area contributed by atoms with Gasteiger partial charge in [0.1, 0.15) is 17.5 Å². The summed E-state index contributed by atoms with van der Waals surface area (Å²) in [4.78, 5) is 44.5. The molecule has 0 spiro atoms. The highest BCUT2D eigenvalue weighted by Gasteiger charge is 2.30. The number of aromatic nitrogens is 4. The molecule has 1 fully saturated rings. The van der Waals surface area contributed by atoms with Crippen LogP contribution in [0.15, 0.2) is 54.0 Å². The lowest BCUT2D eigenvalue weighted by Gasteiger charge is -2.40. The van der Waals surface area contributed by atoms with E-state index in [1.54, 1.807) is 17.2 Å². The zero-order chi connectivity index (χ0) is 31.0. The number of hydrogen-bond acceptors (Lipinski definition) is 7. The zero-order valence-corrected chi connectivity index (χ0v) is 25.7. The van der Waals surface area contributed by atoms with Crippen LogP contribution in [-0.2, 0) is 11.2 Å². The molecule has 224 valence electrons. The molecule has 0 aliphatic carbocycles. The topological polar surface area (TPSA) is 96.3 Å². The third-order valence-electron chi connectivity index (χ3n) is 7.80. The van der Waals surface area contributed by atoms with Crippen LogP contribution in [0, 0.1) is 12.7 Å². The first-order chi connectivity index (χ1) is 20.5. The fourth-order valence-corrected chi connectivity index (χ4v) is 5.68. The molecular weight excluding hydrogens is 569 g/mol. The van der Waals surface area contributed by atoms with Gasteiger partial charge in [0.05, 0.1) is 21.8 Å². The van der Waals surface area contributed by atoms with Crippen molar-refractivity contribution in [1.29, 1.82) is 0 Å². The number of nitrogens with one attached hydrogen (secondary N) is 1. The number of carbonyl (C=O) groups is 1. The molecule has 0 saturated carbocycles. The highest BCUT2D eigenvalue weighted by molar-refractivity contribution is 6.30. The fraction of sp³-hybridized carbons (Fsp3) is 0.344. The largest absolute Gasteiger partial charge is 0.355 e. The normalized spacial score (nSPS) is 15.3. The molecule has 0 bridgehead atoms. The molecular formula is C32H35ClFN7O2. The standard InChI is InChI=1S/C32H35ClFN7O2/c1-7-21-15-23-30(40-14-13-39(17-20(40)6)26(42)8-2)38-32(43)41(28-19(5)11-12-35-27(28)18(3)4)31(23)37-29(21)36-22-9-10-24(33)25(34)16-22/h8-12,15-16,18,20H,2,7,13-14,17H2,1,3-6H3,(H,36,37)/t20-/m0/s1. The van der Waals surface area contributed by atoms with Crippen molar-refractivity contribution in [2.24, 2.45) is 0 Å². The molecule has 1 N–H and O–H groups in total. The van der Waals surface area contributed by atoms with E-state index in [0.717, 1.165) is 16.8 Å². The van der Waals surface area contributed by atoms with Crippen LogP contribution in [-0.4, -0.2) is 56.0 Å². The minimum atomic E-state index is -0.551. The summed E-state index contributed by atoms with van der Waals surface area (Å²) in [7, 11) is 0. The van der Waals surface area contributed by atoms with E-state index < -0.39 is 11.5 Å². The zero-order valence-electron chi connectivity index (χ0n) is 25.0. The van der Waals surface area contributed by atoms with Gasteiger partial charge < -0.3 is 15.1 Å². The predicted molar refractivity (Wildman–Crippen MR) is 169 cm³/mol. The van der Waals surface area contributed by atoms with E-state index in [4.69, 9.17) is 16.6 Å². The smallest absolute Gasteiger partial charge is 0.350 e. The third-order valence-corrected chi connectivity index (χ3v) is 8.11. The van der Waals surface area contributed by atoms with Crippen LogP contribution in [0.3, 0.4) is 0 Å². The number of nitrogens with zero attached hydrogens (tertiary/aromatic N) is 6. The lowest BCUT2D eigenvalue weighted by molar-refractivity contribution is -0.126. The van der Waals surface area contributed by atoms with Gasteiger partial charge in [-0.3, -0.25) is 9.78 Å². The Kier molecular flexibility index (Phi) is 8.50. The fourth-order valence-electron chi connectivity index (χ4n) is 5.57. The summed E-state index contributed by atoms with van der Waals surface area (Å²) < 4.78 is 15.9. The second-order valence-electron chi connectivity index (χ2n) is 11.1. The Morgan fingerprint density at radius 3 is 2.65 bits per heavy atom. The van der Waals surface area contributed by atoms with E-state index in [1.165, 1.54) is 22.8 Å². The van der Waals surface area contributed by atoms with Gasteiger partial charge >= 0.3 is 5.69 Å². The predicted octanol–water partition coefficient (Wildman–Crippen LogP) is 5.93. The van der Waals surface area contributed by atoms with Crippen LogP contribution in [0.1, 0.15) is 50.4 Å². The van der Waals surface area contributed by atoms with Crippen LogP contribution >= 0.6 is 11.6 Å². The van der Waals surface area contributed by atoms with Crippen molar-refractivity contribution in [2.45, 2.75) is 53.0 Å². The Morgan fingerprint density at radius 2 is 2.00 bits per heavy atom. The number of halogens is 2. The van der Waals surface area contributed by atoms with Crippen molar-refractivity contribution in [1.82, 2.24) is 24.4 Å². The average Bonchev–Trinajstić information content (AvgIpc) is 2.98. The number of piperazine rings is 1. The average molecular weight is 604 g/mol. The van der Waals surface area contributed by atoms with E-state index in [-0.39, 0.29) is 22.9 Å². The number of anilines is 3. The maximum Gasteiger partial charge on any atom is 0.355 e. The van der Waals surface area contributed by atoms with Crippen LogP contribution < -0.4 is 15.9 Å². The van der Waals surface area contributed by atoms with Gasteiger partial charge in [0, 0.05) is 37.6 Å². The summed E-state index contributed by atoms with van der Waals surface area (Å²) >= 11 is 5.92. The highest BCUT2D eigenvalue weighted by atomic mass is 35.5. The second-order valence-corrected chi connectivity index (χ2v) is 11.5. The molecule has 4 aromatic rings. The number of aryl methyl sites for hydroxylation is 2. The van der Waals surface area contributed by atoms with Gasteiger partial charge in [-0.15, -0.1) is 0 Å². The molecule has 4 heterocycles. The molecule has 5 rings (SSSR count). The van der Waals surface area contributed by atoms with Crippen LogP contribution in [0.25, 0.3) is 16.7 Å². The lowest BCUT2D eigenvalue weighted by Crippen LogP contribution is -2.54. The quantitative estimate of drug-likeness (QED) is 0.262. The molecule has 0 radical (unpaired) electrons. The van der Waals surface area contributed by atoms with E-state index in [2.05, 4.69) is 26.8 Å². The van der Waals surface area contributed by atoms with Crippen molar-refractivity contribution >= 4 is 45.9 Å². The van der Waals surface area contributed by atoms with Crippen LogP contribution in [0.2, 0.25) is 5.02 Å². The number of hydrogen-bond donors (Lipinski definition) is 1. The third kappa shape index (κ3) is 5.71. The lowest BCUT2D eigenvalue weighted by atomic mass is 10.0.